The van der Waals surface area contributed by atoms with E-state index in [4.69, 9.17) is 23.5 Å². The van der Waals surface area contributed by atoms with Crippen LogP contribution in [0.15, 0.2) is 18.2 Å². The SMILES string of the molecule is CC1(C)CCC2OB(Cc3cccc(C(=O)OC(C)(C)C)c3OC(=O)OC(C)(C)C)OC2(C)C1. The van der Waals surface area contributed by atoms with Crippen LogP contribution in [0.4, 0.5) is 4.79 Å². The first kappa shape index (κ1) is 26.5. The van der Waals surface area contributed by atoms with E-state index in [1.54, 1.807) is 59.7 Å². The lowest BCUT2D eigenvalue weighted by Crippen LogP contribution is -2.45. The van der Waals surface area contributed by atoms with E-state index in [-0.39, 0.29) is 28.4 Å². The van der Waals surface area contributed by atoms with E-state index in [2.05, 4.69) is 20.8 Å². The summed E-state index contributed by atoms with van der Waals surface area (Å²) in [5.41, 5.74) is -0.869. The Balaban J connectivity index is 1.88. The molecule has 0 N–H and O–H groups in total. The van der Waals surface area contributed by atoms with Gasteiger partial charge in [0.15, 0.2) is 5.75 Å². The molecule has 1 aliphatic heterocycles. The van der Waals surface area contributed by atoms with Gasteiger partial charge in [-0.05, 0) is 84.8 Å². The molecule has 2 atom stereocenters. The third-order valence-electron chi connectivity index (χ3n) is 5.99. The number of carbonyl (C=O) groups is 2. The highest BCUT2D eigenvalue weighted by Crippen LogP contribution is 2.48. The predicted octanol–water partition coefficient (Wildman–Crippen LogP) is 5.91. The molecule has 0 aromatic heterocycles. The summed E-state index contributed by atoms with van der Waals surface area (Å²) < 4.78 is 29.2. The zero-order valence-corrected chi connectivity index (χ0v) is 22.1. The Morgan fingerprint density at radius 2 is 1.71 bits per heavy atom. The molecule has 34 heavy (non-hydrogen) atoms. The Hall–Kier alpha value is -2.06. The van der Waals surface area contributed by atoms with E-state index in [9.17, 15) is 9.59 Å². The molecule has 0 radical (unpaired) electrons. The monoisotopic (exact) mass is 474 g/mol. The maximum Gasteiger partial charge on any atom is 0.514 e. The van der Waals surface area contributed by atoms with E-state index < -0.39 is 30.4 Å². The van der Waals surface area contributed by atoms with Gasteiger partial charge in [0.25, 0.3) is 0 Å². The fraction of sp³-hybridized carbons (Fsp3) is 0.692. The summed E-state index contributed by atoms with van der Waals surface area (Å²) in [5.74, 6) is -0.470. The molecular formula is C26H39BO7. The number of para-hydroxylation sites is 1. The summed E-state index contributed by atoms with van der Waals surface area (Å²) in [6.07, 6.45) is 2.35. The molecule has 1 aliphatic carbocycles. The summed E-state index contributed by atoms with van der Waals surface area (Å²) in [4.78, 5) is 25.5. The molecule has 8 heteroatoms. The second-order valence-corrected chi connectivity index (χ2v) is 12.4. The molecule has 1 heterocycles. The van der Waals surface area contributed by atoms with Crippen LogP contribution in [0.25, 0.3) is 0 Å². The highest BCUT2D eigenvalue weighted by atomic mass is 16.7. The number of benzene rings is 1. The van der Waals surface area contributed by atoms with Crippen LogP contribution in [0.1, 0.15) is 97.5 Å². The van der Waals surface area contributed by atoms with E-state index in [1.807, 2.05) is 0 Å². The summed E-state index contributed by atoms with van der Waals surface area (Å²) >= 11 is 0. The molecule has 2 fully saturated rings. The summed E-state index contributed by atoms with van der Waals surface area (Å²) in [7, 11) is -0.515. The topological polar surface area (TPSA) is 80.3 Å². The predicted molar refractivity (Wildman–Crippen MR) is 130 cm³/mol. The molecule has 0 amide bonds. The molecule has 0 spiro atoms. The molecular weight excluding hydrogens is 435 g/mol. The fourth-order valence-corrected chi connectivity index (χ4v) is 4.80. The standard InChI is InChI=1S/C26H39BO7/c1-23(2,3)31-21(28)18-12-10-11-17(20(18)30-22(29)32-24(4,5)6)15-27-33-19-13-14-25(7,8)16-26(19,9)34-27/h10-12,19H,13-16H2,1-9H3. The molecule has 1 saturated carbocycles. The fourth-order valence-electron chi connectivity index (χ4n) is 4.80. The van der Waals surface area contributed by atoms with Crippen molar-refractivity contribution < 1.29 is 33.1 Å². The molecule has 0 bridgehead atoms. The smallest absolute Gasteiger partial charge is 0.456 e. The van der Waals surface area contributed by atoms with Crippen LogP contribution in [0.5, 0.6) is 5.75 Å². The van der Waals surface area contributed by atoms with Crippen molar-refractivity contribution in [1.29, 1.82) is 0 Å². The molecule has 188 valence electrons. The van der Waals surface area contributed by atoms with Gasteiger partial charge in [0.1, 0.15) is 16.8 Å². The maximum atomic E-state index is 12.9. The van der Waals surface area contributed by atoms with Gasteiger partial charge in [-0.2, -0.15) is 0 Å². The quantitative estimate of drug-likeness (QED) is 0.305. The van der Waals surface area contributed by atoms with Crippen molar-refractivity contribution in [2.24, 2.45) is 5.41 Å². The molecule has 1 aromatic rings. The average Bonchev–Trinajstić information content (AvgIpc) is 2.93. The van der Waals surface area contributed by atoms with Crippen LogP contribution in [0.3, 0.4) is 0 Å². The molecule has 2 unspecified atom stereocenters. The van der Waals surface area contributed by atoms with Crippen LogP contribution < -0.4 is 4.74 Å². The minimum absolute atomic E-state index is 0.00906. The van der Waals surface area contributed by atoms with Gasteiger partial charge < -0.3 is 23.5 Å². The lowest BCUT2D eigenvalue weighted by atomic mass is 9.69. The summed E-state index contributed by atoms with van der Waals surface area (Å²) in [5, 5.41) is 0. The van der Waals surface area contributed by atoms with Gasteiger partial charge in [-0.3, -0.25) is 0 Å². The van der Waals surface area contributed by atoms with E-state index >= 15 is 0 Å². The van der Waals surface area contributed by atoms with Crippen molar-refractivity contribution in [2.75, 3.05) is 0 Å². The second kappa shape index (κ2) is 9.19. The molecule has 3 rings (SSSR count). The minimum Gasteiger partial charge on any atom is -0.456 e. The van der Waals surface area contributed by atoms with Crippen molar-refractivity contribution in [3.8, 4) is 5.75 Å². The van der Waals surface area contributed by atoms with Gasteiger partial charge in [0.2, 0.25) is 0 Å². The van der Waals surface area contributed by atoms with Gasteiger partial charge in [-0.25, -0.2) is 9.59 Å². The summed E-state index contributed by atoms with van der Waals surface area (Å²) in [6.45, 7) is 17.2. The van der Waals surface area contributed by atoms with Crippen LogP contribution >= 0.6 is 0 Å². The third-order valence-corrected chi connectivity index (χ3v) is 5.99. The highest BCUT2D eigenvalue weighted by Gasteiger charge is 2.53. The van der Waals surface area contributed by atoms with E-state index in [0.717, 1.165) is 19.3 Å². The van der Waals surface area contributed by atoms with Crippen LogP contribution in [0, 0.1) is 5.41 Å². The number of ether oxygens (including phenoxy) is 3. The average molecular weight is 474 g/mol. The van der Waals surface area contributed by atoms with E-state index in [0.29, 0.717) is 11.9 Å². The first-order valence-electron chi connectivity index (χ1n) is 12.1. The van der Waals surface area contributed by atoms with Crippen molar-refractivity contribution in [3.63, 3.8) is 0 Å². The van der Waals surface area contributed by atoms with Gasteiger partial charge >= 0.3 is 19.2 Å². The molecule has 2 aliphatic rings. The molecule has 7 nitrogen and oxygen atoms in total. The number of fused-ring (bicyclic) bond motifs is 1. The number of hydrogen-bond acceptors (Lipinski definition) is 7. The molecule has 1 aromatic carbocycles. The largest absolute Gasteiger partial charge is 0.514 e. The minimum atomic E-state index is -0.889. The van der Waals surface area contributed by atoms with Crippen LogP contribution in [0.2, 0.25) is 0 Å². The van der Waals surface area contributed by atoms with Gasteiger partial charge in [-0.15, -0.1) is 0 Å². The van der Waals surface area contributed by atoms with Crippen molar-refractivity contribution in [2.45, 2.75) is 111 Å². The first-order chi connectivity index (χ1) is 15.5. The van der Waals surface area contributed by atoms with Crippen molar-refractivity contribution in [3.05, 3.63) is 29.3 Å². The van der Waals surface area contributed by atoms with Crippen LogP contribution in [-0.4, -0.2) is 42.2 Å². The Bertz CT molecular complexity index is 928. The lowest BCUT2D eigenvalue weighted by Gasteiger charge is -2.43. The highest BCUT2D eigenvalue weighted by molar-refractivity contribution is 6.45. The van der Waals surface area contributed by atoms with Gasteiger partial charge in [-0.1, -0.05) is 26.0 Å². The zero-order valence-electron chi connectivity index (χ0n) is 22.1. The number of rotatable bonds is 4. The summed E-state index contributed by atoms with van der Waals surface area (Å²) in [6, 6.07) is 5.12. The van der Waals surface area contributed by atoms with E-state index in [1.165, 1.54) is 0 Å². The van der Waals surface area contributed by atoms with Gasteiger partial charge in [0, 0.05) is 6.32 Å². The Labute approximate surface area is 204 Å². The maximum absolute atomic E-state index is 12.9. The second-order valence-electron chi connectivity index (χ2n) is 12.4. The molecule has 1 saturated heterocycles. The number of hydrogen-bond donors (Lipinski definition) is 0. The zero-order chi connectivity index (χ0) is 25.5. The third kappa shape index (κ3) is 6.75. The normalized spacial score (nSPS) is 24.4. The number of carbonyl (C=O) groups excluding carboxylic acids is 2. The Morgan fingerprint density at radius 1 is 1.06 bits per heavy atom. The van der Waals surface area contributed by atoms with Crippen molar-refractivity contribution >= 4 is 19.2 Å². The Kier molecular flexibility index (Phi) is 7.18. The lowest BCUT2D eigenvalue weighted by molar-refractivity contribution is -0.0298. The van der Waals surface area contributed by atoms with Gasteiger partial charge in [0.05, 0.1) is 11.7 Å². The number of esters is 1. The Morgan fingerprint density at radius 3 is 2.32 bits per heavy atom. The first-order valence-corrected chi connectivity index (χ1v) is 12.1. The van der Waals surface area contributed by atoms with Crippen LogP contribution in [-0.2, 0) is 25.1 Å². The van der Waals surface area contributed by atoms with Crippen molar-refractivity contribution in [1.82, 2.24) is 0 Å².